The Morgan fingerprint density at radius 3 is 2.04 bits per heavy atom. The molecule has 0 unspecified atom stereocenters. The first-order valence-electron chi connectivity index (χ1n) is 9.55. The first-order valence-corrected chi connectivity index (χ1v) is 9.55. The van der Waals surface area contributed by atoms with E-state index < -0.39 is 17.5 Å². The molecule has 0 bridgehead atoms. The predicted octanol–water partition coefficient (Wildman–Crippen LogP) is 7.18. The highest BCUT2D eigenvalue weighted by molar-refractivity contribution is 5.72. The van der Waals surface area contributed by atoms with E-state index >= 15 is 0 Å². The molecule has 0 saturated heterocycles. The lowest BCUT2D eigenvalue weighted by Gasteiger charge is -2.11. The van der Waals surface area contributed by atoms with Crippen molar-refractivity contribution < 1.29 is 17.9 Å². The first kappa shape index (κ1) is 20.0. The molecule has 28 heavy (non-hydrogen) atoms. The van der Waals surface area contributed by atoms with Crippen molar-refractivity contribution in [2.75, 3.05) is 6.61 Å². The monoisotopic (exact) mass is 384 g/mol. The van der Waals surface area contributed by atoms with Gasteiger partial charge in [-0.25, -0.2) is 8.78 Å². The maximum atomic E-state index is 14.7. The van der Waals surface area contributed by atoms with Gasteiger partial charge in [0.25, 0.3) is 0 Å². The molecule has 146 valence electrons. The van der Waals surface area contributed by atoms with E-state index in [1.807, 2.05) is 31.2 Å². The smallest absolute Gasteiger partial charge is 0.201 e. The fourth-order valence-corrected chi connectivity index (χ4v) is 3.13. The third kappa shape index (κ3) is 4.22. The van der Waals surface area contributed by atoms with E-state index in [1.165, 1.54) is 23.8 Å². The van der Waals surface area contributed by atoms with Crippen LogP contribution in [-0.4, -0.2) is 6.61 Å². The van der Waals surface area contributed by atoms with Gasteiger partial charge in [-0.05, 0) is 47.7 Å². The number of benzene rings is 3. The summed E-state index contributed by atoms with van der Waals surface area (Å²) in [5.74, 6) is -2.70. The largest absolute Gasteiger partial charge is 0.490 e. The third-order valence-corrected chi connectivity index (χ3v) is 4.59. The van der Waals surface area contributed by atoms with Crippen LogP contribution in [0.4, 0.5) is 13.2 Å². The van der Waals surface area contributed by atoms with Gasteiger partial charge in [0.05, 0.1) is 6.61 Å². The SMILES string of the molecule is CCCOc1ccc(-c2ccc(-c3ccc(CCC)cc3)c(F)c2)c(F)c1F. The maximum absolute atomic E-state index is 14.7. The zero-order valence-electron chi connectivity index (χ0n) is 16.1. The van der Waals surface area contributed by atoms with Crippen molar-refractivity contribution in [2.24, 2.45) is 0 Å². The highest BCUT2D eigenvalue weighted by Crippen LogP contribution is 2.33. The molecule has 0 aromatic heterocycles. The summed E-state index contributed by atoms with van der Waals surface area (Å²) < 4.78 is 48.6. The molecule has 0 aliphatic carbocycles. The van der Waals surface area contributed by atoms with Crippen LogP contribution in [0.3, 0.4) is 0 Å². The van der Waals surface area contributed by atoms with Crippen molar-refractivity contribution in [3.63, 3.8) is 0 Å². The van der Waals surface area contributed by atoms with Crippen molar-refractivity contribution in [1.82, 2.24) is 0 Å². The van der Waals surface area contributed by atoms with Gasteiger partial charge in [0, 0.05) is 11.1 Å². The van der Waals surface area contributed by atoms with E-state index in [4.69, 9.17) is 4.74 Å². The molecule has 0 aliphatic heterocycles. The van der Waals surface area contributed by atoms with E-state index in [1.54, 1.807) is 12.1 Å². The van der Waals surface area contributed by atoms with Crippen molar-refractivity contribution in [3.8, 4) is 28.0 Å². The molecule has 3 aromatic rings. The van der Waals surface area contributed by atoms with E-state index in [0.717, 1.165) is 18.4 Å². The predicted molar refractivity (Wildman–Crippen MR) is 107 cm³/mol. The molecular weight excluding hydrogens is 361 g/mol. The molecule has 0 heterocycles. The first-order chi connectivity index (χ1) is 13.5. The number of hydrogen-bond acceptors (Lipinski definition) is 1. The average Bonchev–Trinajstić information content (AvgIpc) is 2.70. The van der Waals surface area contributed by atoms with Crippen LogP contribution in [0.1, 0.15) is 32.3 Å². The minimum absolute atomic E-state index is 0.00471. The summed E-state index contributed by atoms with van der Waals surface area (Å²) in [6.45, 7) is 4.29. The van der Waals surface area contributed by atoms with Gasteiger partial charge in [-0.15, -0.1) is 0 Å². The summed E-state index contributed by atoms with van der Waals surface area (Å²) in [7, 11) is 0. The summed E-state index contributed by atoms with van der Waals surface area (Å²) in [5.41, 5.74) is 2.66. The van der Waals surface area contributed by atoms with Gasteiger partial charge >= 0.3 is 0 Å². The highest BCUT2D eigenvalue weighted by atomic mass is 19.2. The van der Waals surface area contributed by atoms with Crippen LogP contribution in [0, 0.1) is 17.5 Å². The molecule has 0 saturated carbocycles. The Hall–Kier alpha value is -2.75. The number of hydrogen-bond donors (Lipinski definition) is 0. The molecule has 3 rings (SSSR count). The van der Waals surface area contributed by atoms with E-state index in [2.05, 4.69) is 6.92 Å². The lowest BCUT2D eigenvalue weighted by molar-refractivity contribution is 0.295. The molecule has 0 fully saturated rings. The number of ether oxygens (including phenoxy) is 1. The van der Waals surface area contributed by atoms with E-state index in [-0.39, 0.29) is 16.9 Å². The second-order valence-corrected chi connectivity index (χ2v) is 6.73. The minimum atomic E-state index is -1.05. The quantitative estimate of drug-likeness (QED) is 0.419. The van der Waals surface area contributed by atoms with Gasteiger partial charge in [-0.1, -0.05) is 56.7 Å². The Bertz CT molecular complexity index is 949. The zero-order valence-corrected chi connectivity index (χ0v) is 16.1. The normalized spacial score (nSPS) is 10.9. The topological polar surface area (TPSA) is 9.23 Å². The van der Waals surface area contributed by atoms with Gasteiger partial charge in [-0.2, -0.15) is 4.39 Å². The van der Waals surface area contributed by atoms with Crippen LogP contribution >= 0.6 is 0 Å². The standard InChI is InChI=1S/C24H23F3O/c1-3-5-16-6-8-17(9-7-16)19-11-10-18(15-21(19)25)20-12-13-22(28-14-4-2)24(27)23(20)26/h6-13,15H,3-5,14H2,1-2H3. The van der Waals surface area contributed by atoms with Crippen molar-refractivity contribution >= 4 is 0 Å². The molecule has 4 heteroatoms. The molecule has 0 spiro atoms. The maximum Gasteiger partial charge on any atom is 0.201 e. The Morgan fingerprint density at radius 1 is 0.714 bits per heavy atom. The summed E-state index contributed by atoms with van der Waals surface area (Å²) >= 11 is 0. The number of rotatable bonds is 7. The van der Waals surface area contributed by atoms with Crippen LogP contribution in [0.15, 0.2) is 54.6 Å². The average molecular weight is 384 g/mol. The van der Waals surface area contributed by atoms with Crippen LogP contribution < -0.4 is 4.74 Å². The summed E-state index contributed by atoms with van der Waals surface area (Å²) in [4.78, 5) is 0. The molecule has 0 amide bonds. The fraction of sp³-hybridized carbons (Fsp3) is 0.250. The Labute approximate surface area is 163 Å². The summed E-state index contributed by atoms with van der Waals surface area (Å²) in [6.07, 6.45) is 2.71. The minimum Gasteiger partial charge on any atom is -0.490 e. The van der Waals surface area contributed by atoms with Gasteiger partial charge in [-0.3, -0.25) is 0 Å². The van der Waals surface area contributed by atoms with Crippen LogP contribution in [0.2, 0.25) is 0 Å². The molecule has 3 aromatic carbocycles. The van der Waals surface area contributed by atoms with Gasteiger partial charge in [0.2, 0.25) is 5.82 Å². The molecule has 1 nitrogen and oxygen atoms in total. The van der Waals surface area contributed by atoms with Gasteiger partial charge < -0.3 is 4.74 Å². The van der Waals surface area contributed by atoms with Crippen LogP contribution in [0.25, 0.3) is 22.3 Å². The van der Waals surface area contributed by atoms with Gasteiger partial charge in [0.1, 0.15) is 5.82 Å². The molecule has 0 aliphatic rings. The molecule has 0 radical (unpaired) electrons. The van der Waals surface area contributed by atoms with Crippen LogP contribution in [0.5, 0.6) is 5.75 Å². The second kappa shape index (κ2) is 8.96. The Morgan fingerprint density at radius 2 is 1.39 bits per heavy atom. The Kier molecular flexibility index (Phi) is 6.40. The third-order valence-electron chi connectivity index (χ3n) is 4.59. The highest BCUT2D eigenvalue weighted by Gasteiger charge is 2.17. The molecule has 0 N–H and O–H groups in total. The number of aryl methyl sites for hydroxylation is 1. The van der Waals surface area contributed by atoms with Crippen LogP contribution in [-0.2, 0) is 6.42 Å². The lowest BCUT2D eigenvalue weighted by Crippen LogP contribution is -2.00. The van der Waals surface area contributed by atoms with Gasteiger partial charge in [0.15, 0.2) is 11.6 Å². The fourth-order valence-electron chi connectivity index (χ4n) is 3.13. The lowest BCUT2D eigenvalue weighted by atomic mass is 9.98. The summed E-state index contributed by atoms with van der Waals surface area (Å²) in [6, 6.07) is 14.9. The second-order valence-electron chi connectivity index (χ2n) is 6.73. The van der Waals surface area contributed by atoms with E-state index in [0.29, 0.717) is 18.6 Å². The molecular formula is C24H23F3O. The number of halogens is 3. The van der Waals surface area contributed by atoms with Crippen molar-refractivity contribution in [1.29, 1.82) is 0 Å². The zero-order chi connectivity index (χ0) is 20.1. The van der Waals surface area contributed by atoms with E-state index in [9.17, 15) is 13.2 Å². The Balaban J connectivity index is 1.91. The van der Waals surface area contributed by atoms with Crippen molar-refractivity contribution in [3.05, 3.63) is 77.6 Å². The summed E-state index contributed by atoms with van der Waals surface area (Å²) in [5, 5.41) is 0. The molecule has 0 atom stereocenters. The van der Waals surface area contributed by atoms with Crippen molar-refractivity contribution in [2.45, 2.75) is 33.1 Å².